The highest BCUT2D eigenvalue weighted by Gasteiger charge is 2.14. The maximum Gasteiger partial charge on any atom is 0.0916 e. The molecule has 0 aromatic heterocycles. The minimum absolute atomic E-state index is 0.393. The Bertz CT molecular complexity index is 291. The molecular weight excluding hydrogens is 218 g/mol. The second-order valence-corrected chi connectivity index (χ2v) is 5.08. The zero-order chi connectivity index (χ0) is 12.0. The maximum absolute atomic E-state index is 10.1. The number of hydrogen-bond acceptors (Lipinski definition) is 3. The Balaban J connectivity index is 2.48. The van der Waals surface area contributed by atoms with Gasteiger partial charge in [-0.2, -0.15) is 11.8 Å². The first kappa shape index (κ1) is 13.6. The third-order valence-electron chi connectivity index (χ3n) is 2.81. The highest BCUT2D eigenvalue weighted by molar-refractivity contribution is 7.98. The fourth-order valence-corrected chi connectivity index (χ4v) is 2.34. The van der Waals surface area contributed by atoms with Crippen LogP contribution in [0.15, 0.2) is 30.3 Å². The third-order valence-corrected chi connectivity index (χ3v) is 3.62. The molecule has 0 spiro atoms. The fourth-order valence-electron chi connectivity index (χ4n) is 1.60. The molecular formula is C13H21NOS. The van der Waals surface area contributed by atoms with Crippen molar-refractivity contribution < 1.29 is 5.11 Å². The van der Waals surface area contributed by atoms with Crippen LogP contribution in [0.25, 0.3) is 0 Å². The van der Waals surface area contributed by atoms with Gasteiger partial charge in [0.2, 0.25) is 0 Å². The Morgan fingerprint density at radius 1 is 1.31 bits per heavy atom. The average Bonchev–Trinajstić information content (AvgIpc) is 2.30. The molecule has 0 aliphatic carbocycles. The lowest BCUT2D eigenvalue weighted by molar-refractivity contribution is 0.113. The van der Waals surface area contributed by atoms with Crippen molar-refractivity contribution in [1.29, 1.82) is 0 Å². The van der Waals surface area contributed by atoms with Gasteiger partial charge in [-0.3, -0.25) is 4.90 Å². The van der Waals surface area contributed by atoms with Crippen LogP contribution in [0.1, 0.15) is 18.6 Å². The molecule has 2 atom stereocenters. The first-order valence-corrected chi connectivity index (χ1v) is 6.96. The molecule has 0 saturated carbocycles. The Kier molecular flexibility index (Phi) is 5.88. The van der Waals surface area contributed by atoms with Gasteiger partial charge < -0.3 is 5.11 Å². The lowest BCUT2D eigenvalue weighted by atomic mass is 10.1. The lowest BCUT2D eigenvalue weighted by Gasteiger charge is -2.26. The molecule has 0 amide bonds. The summed E-state index contributed by atoms with van der Waals surface area (Å²) in [6.07, 6.45) is 1.72. The van der Waals surface area contributed by atoms with E-state index in [4.69, 9.17) is 0 Å². The van der Waals surface area contributed by atoms with Crippen LogP contribution >= 0.6 is 11.8 Å². The van der Waals surface area contributed by atoms with Crippen molar-refractivity contribution in [3.63, 3.8) is 0 Å². The van der Waals surface area contributed by atoms with Gasteiger partial charge in [0.15, 0.2) is 0 Å². The van der Waals surface area contributed by atoms with E-state index in [9.17, 15) is 5.11 Å². The zero-order valence-electron chi connectivity index (χ0n) is 10.3. The molecule has 0 saturated heterocycles. The number of hydrogen-bond donors (Lipinski definition) is 1. The first-order chi connectivity index (χ1) is 7.65. The van der Waals surface area contributed by atoms with Crippen LogP contribution in [0.2, 0.25) is 0 Å². The Morgan fingerprint density at radius 2 is 1.94 bits per heavy atom. The van der Waals surface area contributed by atoms with E-state index in [1.54, 1.807) is 0 Å². The van der Waals surface area contributed by atoms with Crippen molar-refractivity contribution in [1.82, 2.24) is 4.90 Å². The molecule has 2 nitrogen and oxygen atoms in total. The number of rotatable bonds is 6. The Morgan fingerprint density at radius 3 is 2.50 bits per heavy atom. The predicted molar refractivity (Wildman–Crippen MR) is 71.9 cm³/mol. The number of aliphatic hydroxyl groups excluding tert-OH is 1. The highest BCUT2D eigenvalue weighted by Crippen LogP contribution is 2.15. The minimum atomic E-state index is -0.393. The highest BCUT2D eigenvalue weighted by atomic mass is 32.2. The van der Waals surface area contributed by atoms with Crippen LogP contribution in [0.5, 0.6) is 0 Å². The molecule has 0 aliphatic heterocycles. The normalized spacial score (nSPS) is 15.1. The molecule has 16 heavy (non-hydrogen) atoms. The molecule has 1 aromatic carbocycles. The smallest absolute Gasteiger partial charge is 0.0916 e. The summed E-state index contributed by atoms with van der Waals surface area (Å²) in [7, 11) is 2.06. The number of thioether (sulfide) groups is 1. The molecule has 0 fully saturated rings. The van der Waals surface area contributed by atoms with E-state index < -0.39 is 6.10 Å². The topological polar surface area (TPSA) is 23.5 Å². The van der Waals surface area contributed by atoms with E-state index >= 15 is 0 Å². The van der Waals surface area contributed by atoms with Gasteiger partial charge in [0.05, 0.1) is 6.10 Å². The first-order valence-electron chi connectivity index (χ1n) is 5.57. The quantitative estimate of drug-likeness (QED) is 0.824. The summed E-state index contributed by atoms with van der Waals surface area (Å²) >= 11 is 1.84. The van der Waals surface area contributed by atoms with Crippen molar-refractivity contribution in [3.05, 3.63) is 35.9 Å². The van der Waals surface area contributed by atoms with Crippen LogP contribution in [0, 0.1) is 0 Å². The van der Waals surface area contributed by atoms with Gasteiger partial charge in [-0.25, -0.2) is 0 Å². The Labute approximate surface area is 103 Å². The molecule has 0 aliphatic rings. The second kappa shape index (κ2) is 6.94. The molecule has 0 bridgehead atoms. The standard InChI is InChI=1S/C13H21NOS/c1-11(10-16-3)14(2)9-13(15)12-7-5-4-6-8-12/h4-8,11,13,15H,9-10H2,1-3H3. The van der Waals surface area contributed by atoms with Crippen LogP contribution < -0.4 is 0 Å². The number of likely N-dealkylation sites (N-methyl/N-ethyl adjacent to an activating group) is 1. The molecule has 0 heterocycles. The Hall–Kier alpha value is -0.510. The molecule has 2 unspecified atom stereocenters. The molecule has 1 rings (SSSR count). The SMILES string of the molecule is CSCC(C)N(C)CC(O)c1ccccc1. The van der Waals surface area contributed by atoms with Crippen molar-refractivity contribution >= 4 is 11.8 Å². The number of benzene rings is 1. The van der Waals surface area contributed by atoms with Gasteiger partial charge in [0.25, 0.3) is 0 Å². The average molecular weight is 239 g/mol. The van der Waals surface area contributed by atoms with Crippen molar-refractivity contribution in [3.8, 4) is 0 Å². The van der Waals surface area contributed by atoms with E-state index in [1.807, 2.05) is 42.1 Å². The van der Waals surface area contributed by atoms with Crippen molar-refractivity contribution in [2.45, 2.75) is 19.1 Å². The molecule has 0 radical (unpaired) electrons. The van der Waals surface area contributed by atoms with Gasteiger partial charge in [0.1, 0.15) is 0 Å². The zero-order valence-corrected chi connectivity index (χ0v) is 11.1. The monoisotopic (exact) mass is 239 g/mol. The molecule has 1 aromatic rings. The van der Waals surface area contributed by atoms with Gasteiger partial charge in [-0.1, -0.05) is 30.3 Å². The van der Waals surface area contributed by atoms with Crippen molar-refractivity contribution in [2.24, 2.45) is 0 Å². The van der Waals surface area contributed by atoms with Crippen LogP contribution in [-0.2, 0) is 0 Å². The van der Waals surface area contributed by atoms with Crippen LogP contribution in [-0.4, -0.2) is 41.6 Å². The summed E-state index contributed by atoms with van der Waals surface area (Å²) in [5, 5.41) is 10.1. The van der Waals surface area contributed by atoms with E-state index in [0.717, 1.165) is 11.3 Å². The minimum Gasteiger partial charge on any atom is -0.387 e. The maximum atomic E-state index is 10.1. The largest absolute Gasteiger partial charge is 0.387 e. The fraction of sp³-hybridized carbons (Fsp3) is 0.538. The lowest BCUT2D eigenvalue weighted by Crippen LogP contribution is -2.34. The second-order valence-electron chi connectivity index (χ2n) is 4.17. The van der Waals surface area contributed by atoms with Gasteiger partial charge in [0, 0.05) is 18.3 Å². The van der Waals surface area contributed by atoms with Crippen molar-refractivity contribution in [2.75, 3.05) is 25.6 Å². The van der Waals surface area contributed by atoms with E-state index in [0.29, 0.717) is 12.6 Å². The third kappa shape index (κ3) is 4.16. The van der Waals surface area contributed by atoms with E-state index in [2.05, 4.69) is 25.1 Å². The van der Waals surface area contributed by atoms with Gasteiger partial charge >= 0.3 is 0 Å². The van der Waals surface area contributed by atoms with Crippen LogP contribution in [0.4, 0.5) is 0 Å². The molecule has 1 N–H and O–H groups in total. The summed E-state index contributed by atoms with van der Waals surface area (Å²) < 4.78 is 0. The summed E-state index contributed by atoms with van der Waals surface area (Å²) in [5.74, 6) is 1.10. The number of aliphatic hydroxyl groups is 1. The van der Waals surface area contributed by atoms with Gasteiger partial charge in [-0.05, 0) is 25.8 Å². The van der Waals surface area contributed by atoms with E-state index in [1.165, 1.54) is 0 Å². The predicted octanol–water partition coefficient (Wildman–Crippen LogP) is 2.40. The summed E-state index contributed by atoms with van der Waals surface area (Å²) in [4.78, 5) is 2.20. The van der Waals surface area contributed by atoms with E-state index in [-0.39, 0.29) is 0 Å². The van der Waals surface area contributed by atoms with Crippen LogP contribution in [0.3, 0.4) is 0 Å². The summed E-state index contributed by atoms with van der Waals surface area (Å²) in [5.41, 5.74) is 0.991. The summed E-state index contributed by atoms with van der Waals surface area (Å²) in [6.45, 7) is 2.87. The van der Waals surface area contributed by atoms with Gasteiger partial charge in [-0.15, -0.1) is 0 Å². The number of nitrogens with zero attached hydrogens (tertiary/aromatic N) is 1. The molecule has 3 heteroatoms. The molecule has 90 valence electrons. The summed E-state index contributed by atoms with van der Waals surface area (Å²) in [6, 6.07) is 10.3.